The van der Waals surface area contributed by atoms with Gasteiger partial charge in [-0.3, -0.25) is 53.6 Å². The van der Waals surface area contributed by atoms with E-state index in [0.29, 0.717) is 81.6 Å². The number of ether oxygens (including phenoxy) is 2. The molecule has 1 aromatic heterocycles. The third kappa shape index (κ3) is 12.3. The van der Waals surface area contributed by atoms with Crippen LogP contribution in [0.2, 0.25) is 0 Å². The number of anilines is 1. The molecule has 0 radical (unpaired) electrons. The summed E-state index contributed by atoms with van der Waals surface area (Å²) in [6.07, 6.45) is 6.62. The lowest BCUT2D eigenvalue weighted by Gasteiger charge is -2.37. The van der Waals surface area contributed by atoms with Gasteiger partial charge in [0.05, 0.1) is 18.7 Å². The number of nitrogens with zero attached hydrogens (tertiary/aromatic N) is 4. The van der Waals surface area contributed by atoms with E-state index >= 15 is 0 Å². The largest absolute Gasteiger partial charge is 0.381 e. The number of carbonyl (C=O) groups excluding carboxylic acids is 6. The molecule has 6 amide bonds. The molecule has 3 fully saturated rings. The number of aromatic nitrogens is 1. The normalized spacial score (nSPS) is 20.0. The number of carbonyl (C=O) groups is 6. The fourth-order valence-electron chi connectivity index (χ4n) is 10.5. The third-order valence-corrected chi connectivity index (χ3v) is 14.5. The number of piperazine rings is 1. The Morgan fingerprint density at radius 3 is 2.33 bits per heavy atom. The number of nitrogens with one attached hydrogen (secondary N) is 5. The van der Waals surface area contributed by atoms with E-state index in [1.807, 2.05) is 39.0 Å². The van der Waals surface area contributed by atoms with Crippen molar-refractivity contribution in [3.8, 4) is 11.1 Å². The van der Waals surface area contributed by atoms with Crippen molar-refractivity contribution in [1.29, 1.82) is 0 Å². The second kappa shape index (κ2) is 23.9. The quantitative estimate of drug-likeness (QED) is 0.0815. The summed E-state index contributed by atoms with van der Waals surface area (Å²) < 4.78 is 11.5. The predicted octanol–water partition coefficient (Wildman–Crippen LogP) is 2.93. The summed E-state index contributed by atoms with van der Waals surface area (Å²) >= 11 is 0. The van der Waals surface area contributed by atoms with Crippen molar-refractivity contribution in [3.05, 3.63) is 110 Å². The summed E-state index contributed by atoms with van der Waals surface area (Å²) in [5.74, 6) is -2.31. The van der Waals surface area contributed by atoms with Crippen molar-refractivity contribution in [3.63, 3.8) is 0 Å². The highest BCUT2D eigenvalue weighted by molar-refractivity contribution is 6.23. The molecule has 1 aliphatic carbocycles. The van der Waals surface area contributed by atoms with Gasteiger partial charge in [-0.2, -0.15) is 0 Å². The molecule has 2 atom stereocenters. The molecule has 8 rings (SSSR count). The van der Waals surface area contributed by atoms with Crippen LogP contribution in [0.25, 0.3) is 11.1 Å². The minimum absolute atomic E-state index is 0.0244. The van der Waals surface area contributed by atoms with E-state index in [0.717, 1.165) is 90.6 Å². The first-order valence-electron chi connectivity index (χ1n) is 25.5. The highest BCUT2D eigenvalue weighted by Gasteiger charge is 2.47. The molecule has 5 aliphatic rings. The van der Waals surface area contributed by atoms with Crippen molar-refractivity contribution in [1.82, 2.24) is 41.0 Å². The zero-order valence-electron chi connectivity index (χ0n) is 42.0. The van der Waals surface area contributed by atoms with Gasteiger partial charge in [-0.15, -0.1) is 0 Å². The molecule has 18 nitrogen and oxygen atoms in total. The fourth-order valence-corrected chi connectivity index (χ4v) is 10.5. The van der Waals surface area contributed by atoms with Crippen LogP contribution < -0.4 is 31.7 Å². The van der Waals surface area contributed by atoms with Crippen molar-refractivity contribution >= 4 is 41.1 Å². The maximum Gasteiger partial charge on any atom is 0.262 e. The predicted molar refractivity (Wildman–Crippen MR) is 272 cm³/mol. The minimum atomic E-state index is -1.00. The van der Waals surface area contributed by atoms with Gasteiger partial charge in [-0.25, -0.2) is 0 Å². The molecule has 5 heterocycles. The van der Waals surface area contributed by atoms with E-state index in [-0.39, 0.29) is 42.3 Å². The molecule has 3 saturated heterocycles. The van der Waals surface area contributed by atoms with E-state index in [4.69, 9.17) is 9.47 Å². The number of H-pyrrole nitrogens is 1. The van der Waals surface area contributed by atoms with Crippen LogP contribution in [0.5, 0.6) is 0 Å². The first-order valence-corrected chi connectivity index (χ1v) is 25.5. The average molecular weight is 988 g/mol. The number of pyridine rings is 1. The molecule has 2 aromatic carbocycles. The summed E-state index contributed by atoms with van der Waals surface area (Å²) in [4.78, 5) is 101. The lowest BCUT2D eigenvalue weighted by atomic mass is 9.94. The Morgan fingerprint density at radius 1 is 0.861 bits per heavy atom. The molecule has 0 spiro atoms. The van der Waals surface area contributed by atoms with Crippen molar-refractivity contribution < 1.29 is 38.2 Å². The number of hydrogen-bond acceptors (Lipinski definition) is 13. The van der Waals surface area contributed by atoms with Crippen LogP contribution >= 0.6 is 0 Å². The minimum Gasteiger partial charge on any atom is -0.381 e. The van der Waals surface area contributed by atoms with Gasteiger partial charge in [0.1, 0.15) is 6.04 Å². The van der Waals surface area contributed by atoms with Crippen LogP contribution in [0.15, 0.2) is 70.6 Å². The van der Waals surface area contributed by atoms with Gasteiger partial charge in [0.2, 0.25) is 17.7 Å². The topological polar surface area (TPSA) is 215 Å². The Morgan fingerprint density at radius 2 is 1.61 bits per heavy atom. The van der Waals surface area contributed by atoms with Crippen LogP contribution in [-0.4, -0.2) is 152 Å². The lowest BCUT2D eigenvalue weighted by Crippen LogP contribution is -2.55. The molecule has 18 heteroatoms. The van der Waals surface area contributed by atoms with Gasteiger partial charge in [0.25, 0.3) is 23.3 Å². The maximum atomic E-state index is 14.0. The van der Waals surface area contributed by atoms with Gasteiger partial charge >= 0.3 is 0 Å². The zero-order chi connectivity index (χ0) is 50.9. The number of benzene rings is 2. The Bertz CT molecular complexity index is 2650. The molecule has 2 unspecified atom stereocenters. The Kier molecular flexibility index (Phi) is 17.3. The van der Waals surface area contributed by atoms with Gasteiger partial charge in [0, 0.05) is 125 Å². The Balaban J connectivity index is 0.762. The number of rotatable bonds is 20. The highest BCUT2D eigenvalue weighted by atomic mass is 16.5. The number of aryl methyl sites for hydroxylation is 2. The van der Waals surface area contributed by atoms with Crippen molar-refractivity contribution in [2.75, 3.05) is 83.7 Å². The van der Waals surface area contributed by atoms with Crippen LogP contribution in [-0.2, 0) is 46.5 Å². The molecule has 5 N–H and O–H groups in total. The molecular weight excluding hydrogens is 919 g/mol. The first-order chi connectivity index (χ1) is 34.8. The van der Waals surface area contributed by atoms with Crippen LogP contribution in [0.3, 0.4) is 0 Å². The summed E-state index contributed by atoms with van der Waals surface area (Å²) in [6, 6.07) is 13.5. The second-order valence-corrected chi connectivity index (χ2v) is 19.4. The number of imide groups is 2. The SMILES string of the molecule is CCN(c1cc(-c2ccc(CN3CCN(CC(=O)NCCCOCCNC4CC=CC5=C4C(=O)N(C4CCC(=O)NC4=O)C5=O)CC3)cc2)cc(C(=O)NCc2c(C)cc(C)[nH]c2=O)c1C)C1CCOCC1. The van der Waals surface area contributed by atoms with Crippen molar-refractivity contribution in [2.45, 2.75) is 97.4 Å². The van der Waals surface area contributed by atoms with E-state index in [9.17, 15) is 33.6 Å². The number of aromatic amines is 1. The molecule has 0 bridgehead atoms. The molecular formula is C54H69N9O9. The van der Waals surface area contributed by atoms with E-state index in [1.165, 1.54) is 5.56 Å². The van der Waals surface area contributed by atoms with Gasteiger partial charge in [-0.1, -0.05) is 36.4 Å². The Hall–Kier alpha value is -6.31. The third-order valence-electron chi connectivity index (χ3n) is 14.5. The van der Waals surface area contributed by atoms with E-state index < -0.39 is 35.7 Å². The maximum absolute atomic E-state index is 14.0. The molecule has 0 saturated carbocycles. The molecule has 4 aliphatic heterocycles. The van der Waals surface area contributed by atoms with Gasteiger partial charge in [0.15, 0.2) is 0 Å². The van der Waals surface area contributed by atoms with Crippen LogP contribution in [0.4, 0.5) is 5.69 Å². The van der Waals surface area contributed by atoms with E-state index in [2.05, 4.69) is 78.2 Å². The number of amides is 6. The van der Waals surface area contributed by atoms with Gasteiger partial charge < -0.3 is 35.3 Å². The standard InChI is InChI=1S/C54H69N9O9/c1-5-62(40-16-25-72-26-17-40)46-30-39(29-42(36(46)4)50(66)57-31-43-34(2)28-35(3)58-51(43)67)38-12-10-37(11-13-38)32-60-20-22-61(23-21-60)33-48(65)56-18-7-24-71-27-19-55-44-9-6-8-41-49(44)54(70)63(53(41)69)45-14-15-47(64)59-52(45)68/h6,8,10-13,28-30,40,44-45,55H,5,7,9,14-27,31-33H2,1-4H3,(H,56,65)(H,57,66)(H,58,67)(H,59,64,68). The molecule has 3 aromatic rings. The summed E-state index contributed by atoms with van der Waals surface area (Å²) in [6.45, 7) is 16.3. The van der Waals surface area contributed by atoms with Crippen molar-refractivity contribution in [2.24, 2.45) is 0 Å². The molecule has 384 valence electrons. The summed E-state index contributed by atoms with van der Waals surface area (Å²) in [7, 11) is 0. The monoisotopic (exact) mass is 988 g/mol. The number of hydrogen-bond donors (Lipinski definition) is 5. The zero-order valence-corrected chi connectivity index (χ0v) is 42.0. The second-order valence-electron chi connectivity index (χ2n) is 19.4. The highest BCUT2D eigenvalue weighted by Crippen LogP contribution is 2.35. The van der Waals surface area contributed by atoms with Gasteiger partial charge in [-0.05, 0) is 106 Å². The summed E-state index contributed by atoms with van der Waals surface area (Å²) in [5, 5.41) is 11.6. The summed E-state index contributed by atoms with van der Waals surface area (Å²) in [5.41, 5.74) is 8.25. The number of piperidine rings is 1. The Labute approximate surface area is 420 Å². The first kappa shape index (κ1) is 52.0. The molecule has 72 heavy (non-hydrogen) atoms. The van der Waals surface area contributed by atoms with Crippen LogP contribution in [0, 0.1) is 20.8 Å². The average Bonchev–Trinajstić information content (AvgIpc) is 3.62. The van der Waals surface area contributed by atoms with Crippen LogP contribution in [0.1, 0.15) is 83.8 Å². The van der Waals surface area contributed by atoms with E-state index in [1.54, 1.807) is 6.08 Å². The lowest BCUT2D eigenvalue weighted by molar-refractivity contribution is -0.150. The smallest absolute Gasteiger partial charge is 0.262 e. The fraction of sp³-hybridized carbons (Fsp3) is 0.500.